The number of hydrogen-bond acceptors (Lipinski definition) is 4. The van der Waals surface area contributed by atoms with Crippen molar-refractivity contribution in [2.45, 2.75) is 18.9 Å². The molecule has 2 aromatic rings. The third kappa shape index (κ3) is 2.00. The van der Waals surface area contributed by atoms with Crippen LogP contribution in [-0.4, -0.2) is 31.2 Å². The third-order valence-corrected chi connectivity index (χ3v) is 3.48. The molecule has 1 N–H and O–H groups in total. The molecule has 1 aliphatic rings. The maximum atomic E-state index is 5.40. The smallest absolute Gasteiger partial charge is 0.154 e. The van der Waals surface area contributed by atoms with E-state index < -0.39 is 0 Å². The number of anilines is 1. The van der Waals surface area contributed by atoms with Gasteiger partial charge in [0.25, 0.3) is 0 Å². The third-order valence-electron chi connectivity index (χ3n) is 3.48. The molecule has 1 atom stereocenters. The van der Waals surface area contributed by atoms with Crippen molar-refractivity contribution in [3.05, 3.63) is 24.6 Å². The van der Waals surface area contributed by atoms with E-state index in [0.717, 1.165) is 29.9 Å². The number of fused-ring (bicyclic) bond motifs is 1. The summed E-state index contributed by atoms with van der Waals surface area (Å²) in [5.41, 5.74) is 2.96. The number of furan rings is 1. The Morgan fingerprint density at radius 2 is 2.47 bits per heavy atom. The molecule has 0 amide bonds. The molecule has 0 saturated carbocycles. The Hall–Kier alpha value is -1.55. The van der Waals surface area contributed by atoms with Crippen molar-refractivity contribution in [1.29, 1.82) is 0 Å². The minimum Gasteiger partial charge on any atom is -0.463 e. The van der Waals surface area contributed by atoms with Gasteiger partial charge in [0.05, 0.1) is 18.1 Å². The van der Waals surface area contributed by atoms with Crippen LogP contribution in [0.15, 0.2) is 29.0 Å². The van der Waals surface area contributed by atoms with Crippen LogP contribution in [0.3, 0.4) is 0 Å². The van der Waals surface area contributed by atoms with Gasteiger partial charge in [0, 0.05) is 31.3 Å². The highest BCUT2D eigenvalue weighted by molar-refractivity contribution is 5.76. The topological polar surface area (TPSA) is 41.3 Å². The first-order chi connectivity index (χ1) is 8.36. The van der Waals surface area contributed by atoms with Crippen LogP contribution < -0.4 is 10.2 Å². The van der Waals surface area contributed by atoms with Crippen LogP contribution in [-0.2, 0) is 0 Å². The number of piperidine rings is 1. The van der Waals surface area contributed by atoms with Crippen molar-refractivity contribution in [2.75, 3.05) is 25.0 Å². The second-order valence-corrected chi connectivity index (χ2v) is 4.57. The predicted molar refractivity (Wildman–Crippen MR) is 68.3 cm³/mol. The normalized spacial score (nSPS) is 21.0. The van der Waals surface area contributed by atoms with Gasteiger partial charge in [-0.2, -0.15) is 0 Å². The summed E-state index contributed by atoms with van der Waals surface area (Å²) in [6.07, 6.45) is 6.11. The standard InChI is InChI=1S/C13H17N3O/c1-14-10-3-2-5-16(9-10)11-7-13-12(15-8-11)4-6-17-13/h4,6-8,10,14H,2-3,5,9H2,1H3/t10-/m1/s1. The van der Waals surface area contributed by atoms with Crippen molar-refractivity contribution >= 4 is 16.8 Å². The van der Waals surface area contributed by atoms with Crippen LogP contribution >= 0.6 is 0 Å². The number of likely N-dealkylation sites (N-methyl/N-ethyl adjacent to an activating group) is 1. The zero-order valence-electron chi connectivity index (χ0n) is 10.0. The number of pyridine rings is 1. The van der Waals surface area contributed by atoms with Crippen LogP contribution in [0.25, 0.3) is 11.1 Å². The molecule has 0 unspecified atom stereocenters. The first-order valence-corrected chi connectivity index (χ1v) is 6.12. The van der Waals surface area contributed by atoms with Crippen molar-refractivity contribution in [3.8, 4) is 0 Å². The van der Waals surface area contributed by atoms with Gasteiger partial charge in [0.1, 0.15) is 5.52 Å². The van der Waals surface area contributed by atoms with Crippen molar-refractivity contribution in [1.82, 2.24) is 10.3 Å². The lowest BCUT2D eigenvalue weighted by Gasteiger charge is -2.33. The van der Waals surface area contributed by atoms with Gasteiger partial charge in [-0.05, 0) is 19.9 Å². The maximum absolute atomic E-state index is 5.40. The Kier molecular flexibility index (Phi) is 2.73. The second-order valence-electron chi connectivity index (χ2n) is 4.57. The molecule has 0 aromatic carbocycles. The molecule has 0 radical (unpaired) electrons. The quantitative estimate of drug-likeness (QED) is 0.858. The van der Waals surface area contributed by atoms with E-state index in [0.29, 0.717) is 6.04 Å². The first-order valence-electron chi connectivity index (χ1n) is 6.12. The molecular weight excluding hydrogens is 214 g/mol. The minimum atomic E-state index is 0.580. The highest BCUT2D eigenvalue weighted by atomic mass is 16.3. The fourth-order valence-electron chi connectivity index (χ4n) is 2.46. The monoisotopic (exact) mass is 231 g/mol. The average molecular weight is 231 g/mol. The molecule has 3 heterocycles. The SMILES string of the molecule is CN[C@@H]1CCCN(c2cnc3ccoc3c2)C1. The van der Waals surface area contributed by atoms with Crippen molar-refractivity contribution in [2.24, 2.45) is 0 Å². The summed E-state index contributed by atoms with van der Waals surface area (Å²) in [7, 11) is 2.03. The van der Waals surface area contributed by atoms with Crippen LogP contribution in [0, 0.1) is 0 Å². The van der Waals surface area contributed by atoms with Gasteiger partial charge < -0.3 is 14.6 Å². The van der Waals surface area contributed by atoms with Gasteiger partial charge in [0.15, 0.2) is 5.58 Å². The number of nitrogens with one attached hydrogen (secondary N) is 1. The van der Waals surface area contributed by atoms with E-state index in [9.17, 15) is 0 Å². The Morgan fingerprint density at radius 3 is 3.35 bits per heavy atom. The Balaban J connectivity index is 1.86. The van der Waals surface area contributed by atoms with Gasteiger partial charge in [-0.15, -0.1) is 0 Å². The van der Waals surface area contributed by atoms with Crippen molar-refractivity contribution in [3.63, 3.8) is 0 Å². The molecule has 90 valence electrons. The van der Waals surface area contributed by atoms with E-state index in [4.69, 9.17) is 4.42 Å². The number of nitrogens with zero attached hydrogens (tertiary/aromatic N) is 2. The molecular formula is C13H17N3O. The lowest BCUT2D eigenvalue weighted by molar-refractivity contribution is 0.449. The fraction of sp³-hybridized carbons (Fsp3) is 0.462. The summed E-state index contributed by atoms with van der Waals surface area (Å²) in [4.78, 5) is 6.79. The molecule has 0 aliphatic carbocycles. The summed E-state index contributed by atoms with van der Waals surface area (Å²) in [6.45, 7) is 2.15. The Bertz CT molecular complexity index is 508. The van der Waals surface area contributed by atoms with E-state index in [1.54, 1.807) is 6.26 Å². The van der Waals surface area contributed by atoms with Gasteiger partial charge in [-0.25, -0.2) is 0 Å². The Morgan fingerprint density at radius 1 is 1.53 bits per heavy atom. The van der Waals surface area contributed by atoms with Crippen LogP contribution in [0.2, 0.25) is 0 Å². The zero-order valence-corrected chi connectivity index (χ0v) is 10.0. The number of rotatable bonds is 2. The van der Waals surface area contributed by atoms with Crippen LogP contribution in [0.5, 0.6) is 0 Å². The molecule has 0 bridgehead atoms. The van der Waals surface area contributed by atoms with Crippen LogP contribution in [0.4, 0.5) is 5.69 Å². The summed E-state index contributed by atoms with van der Waals surface area (Å²) >= 11 is 0. The molecule has 1 aliphatic heterocycles. The molecule has 4 heteroatoms. The first kappa shape index (κ1) is 10.6. The van der Waals surface area contributed by atoms with E-state index >= 15 is 0 Å². The molecule has 3 rings (SSSR count). The van der Waals surface area contributed by atoms with Gasteiger partial charge in [-0.1, -0.05) is 0 Å². The summed E-state index contributed by atoms with van der Waals surface area (Å²) in [5.74, 6) is 0. The van der Waals surface area contributed by atoms with E-state index in [2.05, 4.69) is 21.3 Å². The average Bonchev–Trinajstić information content (AvgIpc) is 2.86. The van der Waals surface area contributed by atoms with Crippen molar-refractivity contribution < 1.29 is 4.42 Å². The molecule has 1 saturated heterocycles. The van der Waals surface area contributed by atoms with E-state index in [-0.39, 0.29) is 0 Å². The highest BCUT2D eigenvalue weighted by Crippen LogP contribution is 2.23. The number of hydrogen-bond donors (Lipinski definition) is 1. The molecule has 0 spiro atoms. The molecule has 4 nitrogen and oxygen atoms in total. The molecule has 17 heavy (non-hydrogen) atoms. The zero-order chi connectivity index (χ0) is 11.7. The number of aromatic nitrogens is 1. The van der Waals surface area contributed by atoms with E-state index in [1.807, 2.05) is 19.3 Å². The van der Waals surface area contributed by atoms with Gasteiger partial charge in [0.2, 0.25) is 0 Å². The Labute approximate surface area is 101 Å². The molecule has 2 aromatic heterocycles. The fourth-order valence-corrected chi connectivity index (χ4v) is 2.46. The highest BCUT2D eigenvalue weighted by Gasteiger charge is 2.19. The lowest BCUT2D eigenvalue weighted by atomic mass is 10.1. The summed E-state index contributed by atoms with van der Waals surface area (Å²) in [6, 6.07) is 4.56. The largest absolute Gasteiger partial charge is 0.463 e. The predicted octanol–water partition coefficient (Wildman–Crippen LogP) is 2.02. The maximum Gasteiger partial charge on any atom is 0.154 e. The lowest BCUT2D eigenvalue weighted by Crippen LogP contribution is -2.44. The summed E-state index contributed by atoms with van der Waals surface area (Å²) < 4.78 is 5.40. The minimum absolute atomic E-state index is 0.580. The molecule has 1 fully saturated rings. The second kappa shape index (κ2) is 4.37. The summed E-state index contributed by atoms with van der Waals surface area (Å²) in [5, 5.41) is 3.35. The van der Waals surface area contributed by atoms with Gasteiger partial charge in [-0.3, -0.25) is 4.98 Å². The van der Waals surface area contributed by atoms with Gasteiger partial charge >= 0.3 is 0 Å². The van der Waals surface area contributed by atoms with Crippen LogP contribution in [0.1, 0.15) is 12.8 Å². The van der Waals surface area contributed by atoms with E-state index in [1.165, 1.54) is 12.8 Å².